The van der Waals surface area contributed by atoms with Gasteiger partial charge in [-0.3, -0.25) is 4.98 Å². The number of aromatic carboxylic acids is 1. The van der Waals surface area contributed by atoms with Gasteiger partial charge in [-0.1, -0.05) is 0 Å². The van der Waals surface area contributed by atoms with E-state index in [-0.39, 0.29) is 5.56 Å². The molecule has 19 heavy (non-hydrogen) atoms. The van der Waals surface area contributed by atoms with Gasteiger partial charge in [-0.2, -0.15) is 0 Å². The molecule has 1 aromatic heterocycles. The first-order chi connectivity index (χ1) is 8.97. The molecular weight excluding hydrogens is 315 g/mol. The fourth-order valence-corrected chi connectivity index (χ4v) is 1.81. The minimum Gasteiger partial charge on any atom is -0.478 e. The van der Waals surface area contributed by atoms with Crippen molar-refractivity contribution in [3.8, 4) is 0 Å². The summed E-state index contributed by atoms with van der Waals surface area (Å²) in [6, 6.07) is 6.08. The number of carbonyl (C=O) groups is 1. The molecule has 98 valence electrons. The van der Waals surface area contributed by atoms with E-state index in [1.54, 1.807) is 25.1 Å². The SMILES string of the molecule is Cc1cc(Nc2ccc(Br)c(F)c2)c(C(=O)O)cn1. The van der Waals surface area contributed by atoms with E-state index in [2.05, 4.69) is 26.2 Å². The highest BCUT2D eigenvalue weighted by Gasteiger charge is 2.11. The maximum absolute atomic E-state index is 13.4. The van der Waals surface area contributed by atoms with Crippen LogP contribution < -0.4 is 5.32 Å². The number of nitrogens with zero attached hydrogens (tertiary/aromatic N) is 1. The van der Waals surface area contributed by atoms with Gasteiger partial charge in [0.2, 0.25) is 0 Å². The standard InChI is InChI=1S/C13H10BrFN2O2/c1-7-4-12(9(6-16-7)13(18)19)17-8-2-3-10(14)11(15)5-8/h2-6H,1H3,(H,16,17)(H,18,19). The molecular formula is C13H10BrFN2O2. The summed E-state index contributed by atoms with van der Waals surface area (Å²) in [6.45, 7) is 1.75. The van der Waals surface area contributed by atoms with Crippen molar-refractivity contribution < 1.29 is 14.3 Å². The van der Waals surface area contributed by atoms with E-state index in [4.69, 9.17) is 5.11 Å². The highest BCUT2D eigenvalue weighted by molar-refractivity contribution is 9.10. The number of carboxylic acid groups (broad SMARTS) is 1. The van der Waals surface area contributed by atoms with Crippen LogP contribution in [-0.4, -0.2) is 16.1 Å². The molecule has 0 saturated carbocycles. The van der Waals surface area contributed by atoms with Gasteiger partial charge >= 0.3 is 5.97 Å². The smallest absolute Gasteiger partial charge is 0.339 e. The van der Waals surface area contributed by atoms with Crippen molar-refractivity contribution in [2.24, 2.45) is 0 Å². The number of nitrogens with one attached hydrogen (secondary N) is 1. The molecule has 0 unspecified atom stereocenters. The minimum absolute atomic E-state index is 0.0360. The second-order valence-corrected chi connectivity index (χ2v) is 4.78. The van der Waals surface area contributed by atoms with Crippen LogP contribution in [0.25, 0.3) is 0 Å². The van der Waals surface area contributed by atoms with Gasteiger partial charge in [0.25, 0.3) is 0 Å². The Hall–Kier alpha value is -1.95. The maximum Gasteiger partial charge on any atom is 0.339 e. The summed E-state index contributed by atoms with van der Waals surface area (Å²) >= 11 is 3.06. The number of aromatic nitrogens is 1. The lowest BCUT2D eigenvalue weighted by Crippen LogP contribution is -2.04. The van der Waals surface area contributed by atoms with Crippen molar-refractivity contribution >= 4 is 33.3 Å². The normalized spacial score (nSPS) is 10.3. The molecule has 0 radical (unpaired) electrons. The molecule has 0 aliphatic rings. The number of benzene rings is 1. The average Bonchev–Trinajstić information content (AvgIpc) is 2.33. The van der Waals surface area contributed by atoms with Crippen molar-refractivity contribution in [2.45, 2.75) is 6.92 Å². The molecule has 0 amide bonds. The number of anilines is 2. The zero-order chi connectivity index (χ0) is 14.0. The number of carboxylic acids is 1. The van der Waals surface area contributed by atoms with Gasteiger partial charge in [0, 0.05) is 17.6 Å². The molecule has 1 aromatic carbocycles. The quantitative estimate of drug-likeness (QED) is 0.902. The van der Waals surface area contributed by atoms with Crippen LogP contribution in [0.3, 0.4) is 0 Å². The molecule has 0 fully saturated rings. The van der Waals surface area contributed by atoms with Gasteiger partial charge in [-0.15, -0.1) is 0 Å². The van der Waals surface area contributed by atoms with E-state index in [9.17, 15) is 9.18 Å². The van der Waals surface area contributed by atoms with Gasteiger partial charge in [-0.05, 0) is 47.1 Å². The lowest BCUT2D eigenvalue weighted by atomic mass is 10.2. The Bertz CT molecular complexity index is 647. The predicted octanol–water partition coefficient (Wildman–Crippen LogP) is 3.73. The first-order valence-electron chi connectivity index (χ1n) is 5.39. The Kier molecular flexibility index (Phi) is 3.80. The molecule has 0 aliphatic carbocycles. The molecule has 0 atom stereocenters. The van der Waals surface area contributed by atoms with E-state index in [0.29, 0.717) is 21.5 Å². The fraction of sp³-hybridized carbons (Fsp3) is 0.0769. The van der Waals surface area contributed by atoms with Crippen molar-refractivity contribution in [3.63, 3.8) is 0 Å². The average molecular weight is 325 g/mol. The summed E-state index contributed by atoms with van der Waals surface area (Å²) < 4.78 is 13.8. The van der Waals surface area contributed by atoms with Crippen molar-refractivity contribution in [1.82, 2.24) is 4.98 Å². The van der Waals surface area contributed by atoms with Crippen LogP contribution in [0.1, 0.15) is 16.1 Å². The number of halogens is 2. The van der Waals surface area contributed by atoms with Gasteiger partial charge < -0.3 is 10.4 Å². The van der Waals surface area contributed by atoms with Gasteiger partial charge in [0.05, 0.1) is 10.2 Å². The van der Waals surface area contributed by atoms with E-state index >= 15 is 0 Å². The molecule has 2 N–H and O–H groups in total. The molecule has 0 aliphatic heterocycles. The molecule has 0 saturated heterocycles. The Labute approximate surface area is 117 Å². The Balaban J connectivity index is 2.39. The highest BCUT2D eigenvalue weighted by atomic mass is 79.9. The first-order valence-corrected chi connectivity index (χ1v) is 6.18. The third-order valence-electron chi connectivity index (χ3n) is 2.47. The highest BCUT2D eigenvalue weighted by Crippen LogP contribution is 2.24. The summed E-state index contributed by atoms with van der Waals surface area (Å²) in [5.41, 5.74) is 1.55. The molecule has 4 nitrogen and oxygen atoms in total. The summed E-state index contributed by atoms with van der Waals surface area (Å²) in [5.74, 6) is -1.51. The largest absolute Gasteiger partial charge is 0.478 e. The zero-order valence-corrected chi connectivity index (χ0v) is 11.5. The topological polar surface area (TPSA) is 62.2 Å². The van der Waals surface area contributed by atoms with Crippen molar-refractivity contribution in [2.75, 3.05) is 5.32 Å². The summed E-state index contributed by atoms with van der Waals surface area (Å²) in [7, 11) is 0. The second kappa shape index (κ2) is 5.36. The zero-order valence-electron chi connectivity index (χ0n) is 9.95. The molecule has 6 heteroatoms. The molecule has 0 spiro atoms. The van der Waals surface area contributed by atoms with E-state index in [1.165, 1.54) is 12.3 Å². The lowest BCUT2D eigenvalue weighted by Gasteiger charge is -2.10. The van der Waals surface area contributed by atoms with Crippen LogP contribution >= 0.6 is 15.9 Å². The molecule has 0 bridgehead atoms. The Morgan fingerprint density at radius 2 is 2.16 bits per heavy atom. The van der Waals surface area contributed by atoms with E-state index in [1.807, 2.05) is 0 Å². The van der Waals surface area contributed by atoms with Crippen molar-refractivity contribution in [3.05, 3.63) is 52.0 Å². The van der Waals surface area contributed by atoms with E-state index in [0.717, 1.165) is 0 Å². The number of rotatable bonds is 3. The van der Waals surface area contributed by atoms with Crippen LogP contribution in [0.15, 0.2) is 34.9 Å². The van der Waals surface area contributed by atoms with Crippen LogP contribution in [0.2, 0.25) is 0 Å². The van der Waals surface area contributed by atoms with E-state index < -0.39 is 11.8 Å². The number of pyridine rings is 1. The third-order valence-corrected chi connectivity index (χ3v) is 3.11. The van der Waals surface area contributed by atoms with Gasteiger partial charge in [-0.25, -0.2) is 9.18 Å². The van der Waals surface area contributed by atoms with Crippen LogP contribution in [0.4, 0.5) is 15.8 Å². The molecule has 2 aromatic rings. The third kappa shape index (κ3) is 3.08. The summed E-state index contributed by atoms with van der Waals surface area (Å²) in [5, 5.41) is 12.0. The van der Waals surface area contributed by atoms with Crippen molar-refractivity contribution in [1.29, 1.82) is 0 Å². The number of hydrogen-bond acceptors (Lipinski definition) is 3. The van der Waals surface area contributed by atoms with Crippen LogP contribution in [0, 0.1) is 12.7 Å². The monoisotopic (exact) mass is 324 g/mol. The summed E-state index contributed by atoms with van der Waals surface area (Å²) in [4.78, 5) is 15.0. The molecule has 1 heterocycles. The lowest BCUT2D eigenvalue weighted by molar-refractivity contribution is 0.0697. The van der Waals surface area contributed by atoms with Crippen LogP contribution in [0.5, 0.6) is 0 Å². The second-order valence-electron chi connectivity index (χ2n) is 3.93. The van der Waals surface area contributed by atoms with Gasteiger partial charge in [0.1, 0.15) is 11.4 Å². The minimum atomic E-state index is -1.09. The summed E-state index contributed by atoms with van der Waals surface area (Å²) in [6.07, 6.45) is 1.27. The Morgan fingerprint density at radius 1 is 1.42 bits per heavy atom. The number of aryl methyl sites for hydroxylation is 1. The maximum atomic E-state index is 13.4. The fourth-order valence-electron chi connectivity index (χ4n) is 1.56. The Morgan fingerprint density at radius 3 is 2.79 bits per heavy atom. The van der Waals surface area contributed by atoms with Gasteiger partial charge in [0.15, 0.2) is 0 Å². The predicted molar refractivity (Wildman–Crippen MR) is 73.3 cm³/mol. The first kappa shape index (κ1) is 13.5. The number of hydrogen-bond donors (Lipinski definition) is 2. The van der Waals surface area contributed by atoms with Crippen LogP contribution in [-0.2, 0) is 0 Å². The molecule has 2 rings (SSSR count).